The Labute approximate surface area is 279 Å². The van der Waals surface area contributed by atoms with Gasteiger partial charge in [0.15, 0.2) is 0 Å². The summed E-state index contributed by atoms with van der Waals surface area (Å²) < 4.78 is 16.9. The van der Waals surface area contributed by atoms with Crippen LogP contribution in [0, 0.1) is 23.7 Å². The highest BCUT2D eigenvalue weighted by atomic mass is 19.1. The predicted octanol–water partition coefficient (Wildman–Crippen LogP) is 6.61. The van der Waals surface area contributed by atoms with Gasteiger partial charge in [-0.2, -0.15) is 9.37 Å². The summed E-state index contributed by atoms with van der Waals surface area (Å²) in [5.74, 6) is 1.48. The molecule has 254 valence electrons. The minimum Gasteiger partial charge on any atom is -0.481 e. The minimum absolute atomic E-state index is 0.206. The van der Waals surface area contributed by atoms with Crippen molar-refractivity contribution >= 4 is 17.7 Å². The van der Waals surface area contributed by atoms with Crippen molar-refractivity contribution in [3.8, 4) is 0 Å². The summed E-state index contributed by atoms with van der Waals surface area (Å²) in [7, 11) is 3.86. The van der Waals surface area contributed by atoms with Gasteiger partial charge in [0.2, 0.25) is 11.9 Å². The lowest BCUT2D eigenvalue weighted by molar-refractivity contribution is -0.143. The van der Waals surface area contributed by atoms with Gasteiger partial charge in [0.1, 0.15) is 5.82 Å². The van der Waals surface area contributed by atoms with Crippen LogP contribution in [0.15, 0.2) is 36.5 Å². The van der Waals surface area contributed by atoms with Crippen molar-refractivity contribution in [3.63, 3.8) is 0 Å². The molecule has 0 amide bonds. The molecule has 0 bridgehead atoms. The molecule has 2 N–H and O–H groups in total. The second kappa shape index (κ2) is 14.7. The number of carbonyl (C=O) groups is 1. The Balaban J connectivity index is 1.35. The summed E-state index contributed by atoms with van der Waals surface area (Å²) in [6.45, 7) is 7.16. The number of hydrogen-bond acceptors (Lipinski definition) is 7. The van der Waals surface area contributed by atoms with E-state index in [1.807, 2.05) is 0 Å². The van der Waals surface area contributed by atoms with Crippen molar-refractivity contribution in [2.45, 2.75) is 96.1 Å². The number of aliphatic carboxylic acids is 1. The maximum atomic E-state index is 15.4. The number of aromatic nitrogens is 4. The molecule has 9 nitrogen and oxygen atoms in total. The topological polar surface area (TPSA) is 99.4 Å². The normalized spacial score (nSPS) is 24.7. The van der Waals surface area contributed by atoms with E-state index < -0.39 is 11.9 Å². The summed E-state index contributed by atoms with van der Waals surface area (Å²) >= 11 is 0. The van der Waals surface area contributed by atoms with Crippen molar-refractivity contribution in [3.05, 3.63) is 64.9 Å². The third kappa shape index (κ3) is 7.63. The molecular weight excluding hydrogens is 593 g/mol. The fourth-order valence-corrected chi connectivity index (χ4v) is 8.52. The summed E-state index contributed by atoms with van der Waals surface area (Å²) in [5, 5.41) is 17.4. The van der Waals surface area contributed by atoms with Crippen molar-refractivity contribution in [1.82, 2.24) is 24.6 Å². The summed E-state index contributed by atoms with van der Waals surface area (Å²) in [4.78, 5) is 26.8. The smallest absolute Gasteiger partial charge is 0.306 e. The Bertz CT molecular complexity index is 1510. The fraction of sp³-hybridized carbons (Fsp3) is 0.622. The number of carboxylic acids is 1. The molecule has 3 aliphatic rings. The lowest BCUT2D eigenvalue weighted by Gasteiger charge is -2.38. The van der Waals surface area contributed by atoms with Gasteiger partial charge in [0, 0.05) is 45.0 Å². The molecule has 10 heteroatoms. The number of anilines is 2. The highest BCUT2D eigenvalue weighted by Crippen LogP contribution is 2.39. The van der Waals surface area contributed by atoms with Crippen LogP contribution in [0.3, 0.4) is 0 Å². The van der Waals surface area contributed by atoms with E-state index in [-0.39, 0.29) is 18.0 Å². The number of carboxylic acid groups (broad SMARTS) is 1. The molecular formula is C37H52FN7O2. The van der Waals surface area contributed by atoms with Crippen molar-refractivity contribution < 1.29 is 14.3 Å². The van der Waals surface area contributed by atoms with Gasteiger partial charge in [0.05, 0.1) is 23.2 Å². The number of aryl methyl sites for hydroxylation is 2. The van der Waals surface area contributed by atoms with Gasteiger partial charge in [0.25, 0.3) is 0 Å². The molecule has 2 aliphatic carbocycles. The van der Waals surface area contributed by atoms with E-state index in [9.17, 15) is 9.90 Å². The number of benzene rings is 1. The van der Waals surface area contributed by atoms with Gasteiger partial charge in [-0.25, -0.2) is 4.98 Å². The number of fused-ring (bicyclic) bond motifs is 1. The highest BCUT2D eigenvalue weighted by Gasteiger charge is 2.34. The van der Waals surface area contributed by atoms with Gasteiger partial charge in [-0.1, -0.05) is 44.2 Å². The quantitative estimate of drug-likeness (QED) is 0.240. The number of likely N-dealkylation sites (tertiary alicyclic amines) is 1. The molecule has 0 unspecified atom stereocenters. The summed E-state index contributed by atoms with van der Waals surface area (Å²) in [6.07, 6.45) is 11.0. The number of piperidine rings is 1. The zero-order valence-electron chi connectivity index (χ0n) is 28.5. The first-order valence-corrected chi connectivity index (χ1v) is 17.8. The fourth-order valence-electron chi connectivity index (χ4n) is 8.52. The molecule has 47 heavy (non-hydrogen) atoms. The largest absolute Gasteiger partial charge is 0.481 e. The van der Waals surface area contributed by atoms with E-state index in [1.54, 1.807) is 17.9 Å². The number of nitrogens with one attached hydrogen (secondary N) is 1. The van der Waals surface area contributed by atoms with E-state index in [0.717, 1.165) is 88.0 Å². The first-order chi connectivity index (χ1) is 22.7. The maximum absolute atomic E-state index is 15.4. The summed E-state index contributed by atoms with van der Waals surface area (Å²) in [6, 6.07) is 10.6. The number of nitrogens with zero attached hydrogens (tertiary/aromatic N) is 6. The molecule has 3 aromatic rings. The van der Waals surface area contributed by atoms with Crippen LogP contribution in [0.1, 0.15) is 99.6 Å². The van der Waals surface area contributed by atoms with Crippen molar-refractivity contribution in [2.24, 2.45) is 24.8 Å². The van der Waals surface area contributed by atoms with Crippen LogP contribution in [0.2, 0.25) is 0 Å². The van der Waals surface area contributed by atoms with Crippen LogP contribution >= 0.6 is 0 Å². The Morgan fingerprint density at radius 1 is 1.13 bits per heavy atom. The number of rotatable bonds is 11. The molecule has 0 radical (unpaired) electrons. The molecule has 2 fully saturated rings. The predicted molar refractivity (Wildman–Crippen MR) is 183 cm³/mol. The van der Waals surface area contributed by atoms with E-state index in [1.165, 1.54) is 12.0 Å². The van der Waals surface area contributed by atoms with Crippen molar-refractivity contribution in [1.29, 1.82) is 0 Å². The van der Waals surface area contributed by atoms with Crippen LogP contribution in [0.4, 0.5) is 16.2 Å². The zero-order valence-corrected chi connectivity index (χ0v) is 28.5. The minimum atomic E-state index is -0.675. The third-order valence-electron chi connectivity index (χ3n) is 11.1. The lowest BCUT2D eigenvalue weighted by atomic mass is 9.77. The van der Waals surface area contributed by atoms with Gasteiger partial charge in [-0.05, 0) is 94.1 Å². The molecule has 0 spiro atoms. The number of halogens is 1. The van der Waals surface area contributed by atoms with Crippen LogP contribution in [0.5, 0.6) is 0 Å². The van der Waals surface area contributed by atoms with E-state index in [2.05, 4.69) is 71.4 Å². The van der Waals surface area contributed by atoms with Gasteiger partial charge in [-0.15, -0.1) is 5.10 Å². The maximum Gasteiger partial charge on any atom is 0.306 e. The van der Waals surface area contributed by atoms with Gasteiger partial charge < -0.3 is 20.2 Å². The zero-order chi connectivity index (χ0) is 33.1. The third-order valence-corrected chi connectivity index (χ3v) is 11.1. The molecule has 1 aliphatic heterocycles. The Kier molecular flexibility index (Phi) is 10.4. The van der Waals surface area contributed by atoms with Gasteiger partial charge >= 0.3 is 5.97 Å². The van der Waals surface area contributed by atoms with E-state index in [0.29, 0.717) is 35.8 Å². The van der Waals surface area contributed by atoms with E-state index in [4.69, 9.17) is 9.97 Å². The molecule has 2 aromatic heterocycles. The van der Waals surface area contributed by atoms with Crippen LogP contribution < -0.4 is 10.2 Å². The monoisotopic (exact) mass is 645 g/mol. The molecule has 3 heterocycles. The Hall–Kier alpha value is -3.53. The number of hydrogen-bond donors (Lipinski definition) is 2. The molecule has 1 saturated heterocycles. The molecule has 1 saturated carbocycles. The van der Waals surface area contributed by atoms with Gasteiger partial charge in [-0.3, -0.25) is 9.48 Å². The summed E-state index contributed by atoms with van der Waals surface area (Å²) in [5.41, 5.74) is 4.08. The molecule has 1 aromatic carbocycles. The van der Waals surface area contributed by atoms with Crippen LogP contribution in [0.25, 0.3) is 0 Å². The molecule has 4 atom stereocenters. The Morgan fingerprint density at radius 3 is 2.55 bits per heavy atom. The lowest BCUT2D eigenvalue weighted by Crippen LogP contribution is -2.41. The second-order valence-corrected chi connectivity index (χ2v) is 14.4. The first-order valence-electron chi connectivity index (χ1n) is 17.8. The van der Waals surface area contributed by atoms with E-state index >= 15 is 4.39 Å². The average molecular weight is 646 g/mol. The first kappa shape index (κ1) is 33.4. The standard InChI is InChI=1S/C37H52FN7O2/c1-5-33(26-13-15-27(16-14-26)36(46)47)44(4)37-40-31-18-17-28(25-11-7-6-8-12-25)20-29(31)35(41-37)39-32(30-22-43(3)42-34(30)38)23-45-19-9-10-24(2)21-45/h6-8,11-12,22,24,26-28,32-33H,5,9-10,13-21,23H2,1-4H3,(H,46,47)(H,39,40,41)/t24-,26?,27?,28+,32-,33+/m0/s1. The highest BCUT2D eigenvalue weighted by molar-refractivity contribution is 5.70. The second-order valence-electron chi connectivity index (χ2n) is 14.4. The SMILES string of the molecule is CC[C@H](C1CCC(C(=O)O)CC1)N(C)c1nc2c(c(N[C@@H](CN3CCC[C@H](C)C3)c3cn(C)nc3F)n1)C[C@H](c1ccccc1)CC2. The van der Waals surface area contributed by atoms with Crippen LogP contribution in [-0.2, 0) is 24.7 Å². The van der Waals surface area contributed by atoms with Crippen molar-refractivity contribution in [2.75, 3.05) is 36.9 Å². The average Bonchev–Trinajstić information content (AvgIpc) is 3.42. The Morgan fingerprint density at radius 2 is 1.89 bits per heavy atom. The van der Waals surface area contributed by atoms with Crippen LogP contribution in [-0.4, -0.2) is 68.4 Å². The molecule has 6 rings (SSSR count).